The number of para-hydroxylation sites is 3. The minimum Gasteiger partial charge on any atom is -0.453 e. The van der Waals surface area contributed by atoms with Crippen molar-refractivity contribution in [2.75, 3.05) is 5.32 Å². The number of hydrogen-bond donors (Lipinski definition) is 1. The molecule has 28 heavy (non-hydrogen) atoms. The van der Waals surface area contributed by atoms with E-state index in [-0.39, 0.29) is 11.3 Å². The van der Waals surface area contributed by atoms with Gasteiger partial charge in [0, 0.05) is 30.3 Å². The van der Waals surface area contributed by atoms with Gasteiger partial charge in [0.25, 0.3) is 0 Å². The van der Waals surface area contributed by atoms with Crippen molar-refractivity contribution < 1.29 is 19.1 Å². The van der Waals surface area contributed by atoms with E-state index in [0.717, 1.165) is 22.5 Å². The fourth-order valence-corrected chi connectivity index (χ4v) is 3.34. The number of carbonyl (C=O) groups excluding carboxylic acids is 2. The van der Waals surface area contributed by atoms with Gasteiger partial charge in [0.15, 0.2) is 0 Å². The maximum absolute atomic E-state index is 12.9. The fraction of sp³-hybridized carbons (Fsp3) is 0.130. The number of ether oxygens (including phenoxy) is 2. The van der Waals surface area contributed by atoms with Crippen LogP contribution in [-0.2, 0) is 16.0 Å². The summed E-state index contributed by atoms with van der Waals surface area (Å²) in [5, 5.41) is 3.42. The van der Waals surface area contributed by atoms with Crippen LogP contribution in [0, 0.1) is 0 Å². The first-order valence-corrected chi connectivity index (χ1v) is 9.04. The van der Waals surface area contributed by atoms with Gasteiger partial charge in [-0.25, -0.2) is 4.79 Å². The molecule has 1 unspecified atom stereocenters. The van der Waals surface area contributed by atoms with Crippen molar-refractivity contribution in [3.05, 3.63) is 89.5 Å². The minimum absolute atomic E-state index is 0.195. The van der Waals surface area contributed by atoms with Crippen molar-refractivity contribution in [2.24, 2.45) is 0 Å². The Hall–Kier alpha value is -3.60. The third-order valence-electron chi connectivity index (χ3n) is 4.61. The summed E-state index contributed by atoms with van der Waals surface area (Å²) in [6.07, 6.45) is 0.0759. The van der Waals surface area contributed by atoms with Crippen molar-refractivity contribution in [1.29, 1.82) is 0 Å². The van der Waals surface area contributed by atoms with Crippen molar-refractivity contribution in [2.45, 2.75) is 19.4 Å². The van der Waals surface area contributed by atoms with Crippen LogP contribution in [0.2, 0.25) is 0 Å². The Morgan fingerprint density at radius 2 is 1.57 bits per heavy atom. The van der Waals surface area contributed by atoms with Crippen molar-refractivity contribution in [1.82, 2.24) is 0 Å². The normalized spacial score (nSPS) is 14.7. The molecule has 0 saturated heterocycles. The Bertz CT molecular complexity index is 1040. The Labute approximate surface area is 162 Å². The second-order valence-electron chi connectivity index (χ2n) is 6.56. The summed E-state index contributed by atoms with van der Waals surface area (Å²) in [4.78, 5) is 24.3. The SMILES string of the molecule is CC(=O)Oc1ccccc1C(=O)OC1Cc2ccccc2Nc2ccccc21. The van der Waals surface area contributed by atoms with Gasteiger partial charge in [-0.3, -0.25) is 4.79 Å². The molecule has 3 aromatic rings. The molecule has 0 aliphatic carbocycles. The van der Waals surface area contributed by atoms with Crippen LogP contribution in [0.25, 0.3) is 0 Å². The number of hydrogen-bond acceptors (Lipinski definition) is 5. The van der Waals surface area contributed by atoms with E-state index in [1.165, 1.54) is 6.92 Å². The van der Waals surface area contributed by atoms with Crippen LogP contribution in [0.15, 0.2) is 72.8 Å². The van der Waals surface area contributed by atoms with Crippen LogP contribution in [0.4, 0.5) is 11.4 Å². The number of carbonyl (C=O) groups is 2. The molecular formula is C23H19NO4. The van der Waals surface area contributed by atoms with Crippen LogP contribution in [-0.4, -0.2) is 11.9 Å². The third kappa shape index (κ3) is 3.60. The Kier molecular flexibility index (Phi) is 4.81. The van der Waals surface area contributed by atoms with Gasteiger partial charge in [-0.2, -0.15) is 0 Å². The Morgan fingerprint density at radius 3 is 2.39 bits per heavy atom. The minimum atomic E-state index is -0.531. The Balaban J connectivity index is 1.68. The van der Waals surface area contributed by atoms with E-state index in [0.29, 0.717) is 6.42 Å². The molecule has 140 valence electrons. The average molecular weight is 373 g/mol. The summed E-state index contributed by atoms with van der Waals surface area (Å²) in [6.45, 7) is 1.30. The van der Waals surface area contributed by atoms with Crippen LogP contribution in [0.1, 0.15) is 34.5 Å². The van der Waals surface area contributed by atoms with E-state index in [9.17, 15) is 9.59 Å². The number of nitrogens with one attached hydrogen (secondary N) is 1. The number of esters is 2. The van der Waals surface area contributed by atoms with Gasteiger partial charge in [-0.1, -0.05) is 48.5 Å². The average Bonchev–Trinajstić information content (AvgIpc) is 2.84. The van der Waals surface area contributed by atoms with E-state index in [4.69, 9.17) is 9.47 Å². The van der Waals surface area contributed by atoms with E-state index in [1.54, 1.807) is 24.3 Å². The summed E-state index contributed by atoms with van der Waals surface area (Å²) in [5.41, 5.74) is 4.08. The largest absolute Gasteiger partial charge is 0.453 e. The topological polar surface area (TPSA) is 64.6 Å². The zero-order valence-electron chi connectivity index (χ0n) is 15.3. The summed E-state index contributed by atoms with van der Waals surface area (Å²) < 4.78 is 11.0. The molecule has 0 fully saturated rings. The Morgan fingerprint density at radius 1 is 0.893 bits per heavy atom. The van der Waals surface area contributed by atoms with Crippen LogP contribution in [0.3, 0.4) is 0 Å². The highest BCUT2D eigenvalue weighted by Crippen LogP contribution is 2.37. The third-order valence-corrected chi connectivity index (χ3v) is 4.61. The molecule has 4 rings (SSSR count). The van der Waals surface area contributed by atoms with Crippen LogP contribution < -0.4 is 10.1 Å². The molecular weight excluding hydrogens is 354 g/mol. The summed E-state index contributed by atoms with van der Waals surface area (Å²) in [5.74, 6) is -0.824. The number of rotatable bonds is 3. The summed E-state index contributed by atoms with van der Waals surface area (Å²) in [7, 11) is 0. The monoisotopic (exact) mass is 373 g/mol. The van der Waals surface area contributed by atoms with E-state index in [1.807, 2.05) is 48.5 Å². The maximum atomic E-state index is 12.9. The smallest absolute Gasteiger partial charge is 0.342 e. The zero-order valence-corrected chi connectivity index (χ0v) is 15.3. The molecule has 1 atom stereocenters. The molecule has 0 radical (unpaired) electrons. The number of fused-ring (bicyclic) bond motifs is 2. The molecule has 5 heteroatoms. The molecule has 1 N–H and O–H groups in total. The number of benzene rings is 3. The van der Waals surface area contributed by atoms with Crippen molar-refractivity contribution >= 4 is 23.3 Å². The standard InChI is InChI=1S/C23H19NO4/c1-15(25)27-21-13-7-4-10-18(21)23(26)28-22-14-16-8-2-5-11-19(16)24-20-12-6-3-9-17(20)22/h2-13,22,24H,14H2,1H3. The molecule has 0 spiro atoms. The lowest BCUT2D eigenvalue weighted by Gasteiger charge is -2.19. The molecule has 3 aromatic carbocycles. The van der Waals surface area contributed by atoms with Crippen LogP contribution >= 0.6 is 0 Å². The lowest BCUT2D eigenvalue weighted by Crippen LogP contribution is -2.15. The van der Waals surface area contributed by atoms with Gasteiger partial charge in [-0.05, 0) is 29.8 Å². The van der Waals surface area contributed by atoms with E-state index < -0.39 is 18.0 Å². The second-order valence-corrected chi connectivity index (χ2v) is 6.56. The highest BCUT2D eigenvalue weighted by Gasteiger charge is 2.26. The molecule has 1 aliphatic rings. The maximum Gasteiger partial charge on any atom is 0.342 e. The second kappa shape index (κ2) is 7.56. The fourth-order valence-electron chi connectivity index (χ4n) is 3.34. The van der Waals surface area contributed by atoms with Crippen LogP contribution in [0.5, 0.6) is 5.75 Å². The summed E-state index contributed by atoms with van der Waals surface area (Å²) >= 11 is 0. The quantitative estimate of drug-likeness (QED) is 0.527. The molecule has 0 bridgehead atoms. The van der Waals surface area contributed by atoms with Crippen molar-refractivity contribution in [3.63, 3.8) is 0 Å². The lowest BCUT2D eigenvalue weighted by atomic mass is 10.0. The lowest BCUT2D eigenvalue weighted by molar-refractivity contribution is -0.131. The first-order valence-electron chi connectivity index (χ1n) is 9.04. The molecule has 5 nitrogen and oxygen atoms in total. The van der Waals surface area contributed by atoms with Gasteiger partial charge in [-0.15, -0.1) is 0 Å². The highest BCUT2D eigenvalue weighted by molar-refractivity contribution is 5.93. The summed E-state index contributed by atoms with van der Waals surface area (Å²) in [6, 6.07) is 22.3. The molecule has 0 saturated carbocycles. The van der Waals surface area contributed by atoms with E-state index >= 15 is 0 Å². The van der Waals surface area contributed by atoms with Gasteiger partial charge in [0.2, 0.25) is 0 Å². The van der Waals surface area contributed by atoms with E-state index in [2.05, 4.69) is 5.32 Å². The first-order chi connectivity index (χ1) is 13.6. The molecule has 1 aliphatic heterocycles. The predicted octanol–water partition coefficient (Wildman–Crippen LogP) is 4.81. The molecule has 1 heterocycles. The van der Waals surface area contributed by atoms with Gasteiger partial charge in [0.05, 0.1) is 0 Å². The predicted molar refractivity (Wildman–Crippen MR) is 106 cm³/mol. The van der Waals surface area contributed by atoms with Crippen molar-refractivity contribution in [3.8, 4) is 5.75 Å². The van der Waals surface area contributed by atoms with Gasteiger partial charge >= 0.3 is 11.9 Å². The highest BCUT2D eigenvalue weighted by atomic mass is 16.6. The molecule has 0 amide bonds. The first kappa shape index (κ1) is 17.8. The van der Waals surface area contributed by atoms with Gasteiger partial charge in [0.1, 0.15) is 17.4 Å². The molecule has 0 aromatic heterocycles. The van der Waals surface area contributed by atoms with Gasteiger partial charge < -0.3 is 14.8 Å². The zero-order chi connectivity index (χ0) is 19.5. The number of anilines is 2.